The highest BCUT2D eigenvalue weighted by Gasteiger charge is 2.34. The van der Waals surface area contributed by atoms with Gasteiger partial charge in [-0.05, 0) is 100 Å². The SMILES string of the molecule is CC(C)(C)OC(=O)NCc1ccc(C2CC2)c(C(=O)C2CCC(c3cccc(F)c3)CC2)n1. The molecule has 176 valence electrons. The number of halogens is 1. The van der Waals surface area contributed by atoms with Crippen LogP contribution in [0.25, 0.3) is 0 Å². The molecule has 6 heteroatoms. The van der Waals surface area contributed by atoms with Crippen LogP contribution in [0.1, 0.15) is 98.4 Å². The van der Waals surface area contributed by atoms with Gasteiger partial charge in [0.15, 0.2) is 5.78 Å². The van der Waals surface area contributed by atoms with Crippen LogP contribution in [0.15, 0.2) is 36.4 Å². The lowest BCUT2D eigenvalue weighted by molar-refractivity contribution is 0.0523. The molecular weight excluding hydrogens is 419 g/mol. The lowest BCUT2D eigenvalue weighted by atomic mass is 9.76. The van der Waals surface area contributed by atoms with Crippen LogP contribution in [0, 0.1) is 11.7 Å². The van der Waals surface area contributed by atoms with E-state index in [4.69, 9.17) is 9.72 Å². The lowest BCUT2D eigenvalue weighted by Crippen LogP contribution is -2.32. The highest BCUT2D eigenvalue weighted by atomic mass is 19.1. The Balaban J connectivity index is 1.43. The fourth-order valence-corrected chi connectivity index (χ4v) is 4.65. The molecule has 2 saturated carbocycles. The number of Topliss-reactive ketones (excluding diaryl/α,β-unsaturated/α-hetero) is 1. The molecule has 2 fully saturated rings. The first kappa shape index (κ1) is 23.4. The van der Waals surface area contributed by atoms with Crippen molar-refractivity contribution in [3.8, 4) is 0 Å². The molecule has 2 aromatic rings. The number of ether oxygens (including phenoxy) is 1. The third kappa shape index (κ3) is 6.18. The van der Waals surface area contributed by atoms with Gasteiger partial charge in [-0.15, -0.1) is 0 Å². The van der Waals surface area contributed by atoms with Crippen LogP contribution in [0.4, 0.5) is 9.18 Å². The number of alkyl carbamates (subject to hydrolysis) is 1. The number of carbonyl (C=O) groups excluding carboxylic acids is 2. The molecule has 2 aliphatic rings. The minimum absolute atomic E-state index is 0.0612. The summed E-state index contributed by atoms with van der Waals surface area (Å²) < 4.78 is 18.9. The monoisotopic (exact) mass is 452 g/mol. The van der Waals surface area contributed by atoms with Gasteiger partial charge in [0.25, 0.3) is 0 Å². The minimum atomic E-state index is -0.571. The molecule has 1 N–H and O–H groups in total. The van der Waals surface area contributed by atoms with Crippen LogP contribution < -0.4 is 5.32 Å². The highest BCUT2D eigenvalue weighted by molar-refractivity contribution is 5.97. The van der Waals surface area contributed by atoms with Crippen LogP contribution >= 0.6 is 0 Å². The lowest BCUT2D eigenvalue weighted by Gasteiger charge is -2.28. The van der Waals surface area contributed by atoms with Crippen LogP contribution in [0.3, 0.4) is 0 Å². The van der Waals surface area contributed by atoms with E-state index < -0.39 is 11.7 Å². The Morgan fingerprint density at radius 3 is 2.36 bits per heavy atom. The summed E-state index contributed by atoms with van der Waals surface area (Å²) in [6.45, 7) is 5.66. The van der Waals surface area contributed by atoms with E-state index in [1.54, 1.807) is 12.1 Å². The fraction of sp³-hybridized carbons (Fsp3) is 0.519. The minimum Gasteiger partial charge on any atom is -0.444 e. The summed E-state index contributed by atoms with van der Waals surface area (Å²) in [5, 5.41) is 2.73. The normalized spacial score (nSPS) is 20.8. The number of aromatic nitrogens is 1. The van der Waals surface area contributed by atoms with E-state index in [9.17, 15) is 14.0 Å². The molecule has 0 radical (unpaired) electrons. The second-order valence-electron chi connectivity index (χ2n) is 10.3. The van der Waals surface area contributed by atoms with Gasteiger partial charge in [-0.2, -0.15) is 0 Å². The number of pyridine rings is 1. The summed E-state index contributed by atoms with van der Waals surface area (Å²) in [5.41, 5.74) is 2.71. The van der Waals surface area contributed by atoms with Gasteiger partial charge in [0, 0.05) is 5.92 Å². The van der Waals surface area contributed by atoms with Crippen molar-refractivity contribution in [2.24, 2.45) is 5.92 Å². The zero-order chi connectivity index (χ0) is 23.6. The number of nitrogens with zero attached hydrogens (tertiary/aromatic N) is 1. The van der Waals surface area contributed by atoms with E-state index in [0.29, 0.717) is 23.2 Å². The van der Waals surface area contributed by atoms with Gasteiger partial charge in [-0.25, -0.2) is 14.2 Å². The second kappa shape index (κ2) is 9.62. The Morgan fingerprint density at radius 1 is 1.03 bits per heavy atom. The summed E-state index contributed by atoms with van der Waals surface area (Å²) in [7, 11) is 0. The largest absolute Gasteiger partial charge is 0.444 e. The molecule has 1 heterocycles. The standard InChI is InChI=1S/C27H33FN2O3/c1-27(2,3)33-26(32)29-16-22-13-14-23(18-9-10-18)24(30-22)25(31)19-11-7-17(8-12-19)20-5-4-6-21(28)15-20/h4-6,13-15,17-19H,7-12,16H2,1-3H3,(H,29,32). The van der Waals surface area contributed by atoms with Gasteiger partial charge in [-0.3, -0.25) is 4.79 Å². The van der Waals surface area contributed by atoms with Gasteiger partial charge in [0.2, 0.25) is 0 Å². The maximum absolute atomic E-state index is 13.6. The van der Waals surface area contributed by atoms with Gasteiger partial charge in [0.05, 0.1) is 12.2 Å². The van der Waals surface area contributed by atoms with Crippen molar-refractivity contribution < 1.29 is 18.7 Å². The molecule has 4 rings (SSSR count). The smallest absolute Gasteiger partial charge is 0.407 e. The Kier molecular flexibility index (Phi) is 6.82. The van der Waals surface area contributed by atoms with E-state index >= 15 is 0 Å². The fourth-order valence-electron chi connectivity index (χ4n) is 4.65. The van der Waals surface area contributed by atoms with Crippen molar-refractivity contribution in [3.05, 3.63) is 64.7 Å². The average Bonchev–Trinajstić information content (AvgIpc) is 3.61. The van der Waals surface area contributed by atoms with Crippen molar-refractivity contribution in [3.63, 3.8) is 0 Å². The zero-order valence-corrected chi connectivity index (χ0v) is 19.7. The first-order chi connectivity index (χ1) is 15.7. The first-order valence-corrected chi connectivity index (χ1v) is 12.0. The molecule has 1 aromatic heterocycles. The van der Waals surface area contributed by atoms with E-state index in [0.717, 1.165) is 49.7 Å². The molecule has 0 spiro atoms. The number of nitrogens with one attached hydrogen (secondary N) is 1. The Morgan fingerprint density at radius 2 is 1.73 bits per heavy atom. The molecule has 1 aromatic carbocycles. The van der Waals surface area contributed by atoms with Crippen LogP contribution in [-0.2, 0) is 11.3 Å². The van der Waals surface area contributed by atoms with Crippen molar-refractivity contribution in [1.82, 2.24) is 10.3 Å². The van der Waals surface area contributed by atoms with Crippen LogP contribution in [0.2, 0.25) is 0 Å². The topological polar surface area (TPSA) is 68.3 Å². The van der Waals surface area contributed by atoms with Gasteiger partial charge < -0.3 is 10.1 Å². The van der Waals surface area contributed by atoms with Crippen LogP contribution in [-0.4, -0.2) is 22.5 Å². The van der Waals surface area contributed by atoms with Crippen molar-refractivity contribution in [2.75, 3.05) is 0 Å². The quantitative estimate of drug-likeness (QED) is 0.524. The van der Waals surface area contributed by atoms with E-state index in [1.165, 1.54) is 6.07 Å². The molecule has 0 unspecified atom stereocenters. The van der Waals surface area contributed by atoms with Gasteiger partial charge in [-0.1, -0.05) is 18.2 Å². The van der Waals surface area contributed by atoms with Gasteiger partial charge in [0.1, 0.15) is 17.1 Å². The molecule has 0 bridgehead atoms. The predicted molar refractivity (Wildman–Crippen MR) is 125 cm³/mol. The zero-order valence-electron chi connectivity index (χ0n) is 19.7. The molecule has 0 saturated heterocycles. The number of hydrogen-bond donors (Lipinski definition) is 1. The molecule has 0 atom stereocenters. The van der Waals surface area contributed by atoms with Crippen molar-refractivity contribution in [1.29, 1.82) is 0 Å². The molecular formula is C27H33FN2O3. The number of benzene rings is 1. The summed E-state index contributed by atoms with van der Waals surface area (Å²) in [5.74, 6) is 0.543. The summed E-state index contributed by atoms with van der Waals surface area (Å²) >= 11 is 0. The summed E-state index contributed by atoms with van der Waals surface area (Å²) in [4.78, 5) is 30.2. The van der Waals surface area contributed by atoms with Crippen molar-refractivity contribution in [2.45, 2.75) is 83.3 Å². The third-order valence-electron chi connectivity index (χ3n) is 6.47. The van der Waals surface area contributed by atoms with Crippen LogP contribution in [0.5, 0.6) is 0 Å². The van der Waals surface area contributed by atoms with Crippen molar-refractivity contribution >= 4 is 11.9 Å². The third-order valence-corrected chi connectivity index (χ3v) is 6.47. The molecule has 2 aliphatic carbocycles. The van der Waals surface area contributed by atoms with E-state index in [-0.39, 0.29) is 24.1 Å². The number of carbonyl (C=O) groups is 2. The Hall–Kier alpha value is -2.76. The Bertz CT molecular complexity index is 1020. The maximum atomic E-state index is 13.6. The average molecular weight is 453 g/mol. The number of amides is 1. The molecule has 33 heavy (non-hydrogen) atoms. The number of rotatable bonds is 6. The van der Waals surface area contributed by atoms with E-state index in [2.05, 4.69) is 5.32 Å². The highest BCUT2D eigenvalue weighted by Crippen LogP contribution is 2.43. The predicted octanol–water partition coefficient (Wildman–Crippen LogP) is 6.28. The number of ketones is 1. The first-order valence-electron chi connectivity index (χ1n) is 12.0. The maximum Gasteiger partial charge on any atom is 0.407 e. The number of hydrogen-bond acceptors (Lipinski definition) is 4. The summed E-state index contributed by atoms with van der Waals surface area (Å²) in [6.07, 6.45) is 4.99. The summed E-state index contributed by atoms with van der Waals surface area (Å²) in [6, 6.07) is 10.7. The van der Waals surface area contributed by atoms with Gasteiger partial charge >= 0.3 is 6.09 Å². The second-order valence-corrected chi connectivity index (χ2v) is 10.3. The molecule has 5 nitrogen and oxygen atoms in total. The Labute approximate surface area is 195 Å². The molecule has 0 aliphatic heterocycles. The molecule has 1 amide bonds. The van der Waals surface area contributed by atoms with E-state index in [1.807, 2.05) is 39.0 Å².